The smallest absolute Gasteiger partial charge is 0.249 e. The van der Waals surface area contributed by atoms with Gasteiger partial charge in [-0.25, -0.2) is 0 Å². The molecule has 2 N–H and O–H groups in total. The Morgan fingerprint density at radius 2 is 1.85 bits per heavy atom. The molecule has 0 saturated heterocycles. The maximum atomic E-state index is 5.44. The number of nitrogens with zero attached hydrogens (tertiary/aromatic N) is 3. The Morgan fingerprint density at radius 3 is 2.58 bits per heavy atom. The van der Waals surface area contributed by atoms with Gasteiger partial charge in [0.25, 0.3) is 0 Å². The molecule has 0 bridgehead atoms. The van der Waals surface area contributed by atoms with Crippen molar-refractivity contribution in [2.75, 3.05) is 24.4 Å². The van der Waals surface area contributed by atoms with Crippen LogP contribution in [0.25, 0.3) is 0 Å². The van der Waals surface area contributed by atoms with Crippen LogP contribution in [0.4, 0.5) is 23.1 Å². The summed E-state index contributed by atoms with van der Waals surface area (Å²) in [6, 6.07) is 13.5. The van der Waals surface area contributed by atoms with Crippen LogP contribution in [-0.2, 0) is 0 Å². The predicted octanol–water partition coefficient (Wildman–Crippen LogP) is 4.07. The molecule has 0 spiro atoms. The summed E-state index contributed by atoms with van der Waals surface area (Å²) in [6.45, 7) is 4.60. The second-order valence-corrected chi connectivity index (χ2v) is 5.58. The molecule has 7 nitrogen and oxygen atoms in total. The molecule has 0 atom stereocenters. The number of nitrogens with one attached hydrogen (secondary N) is 2. The summed E-state index contributed by atoms with van der Waals surface area (Å²) in [7, 11) is 1.62. The van der Waals surface area contributed by atoms with Crippen LogP contribution in [0.1, 0.15) is 12.5 Å². The van der Waals surface area contributed by atoms with Gasteiger partial charge in [-0.3, -0.25) is 0 Å². The summed E-state index contributed by atoms with van der Waals surface area (Å²) in [4.78, 5) is 4.44. The van der Waals surface area contributed by atoms with E-state index in [0.29, 0.717) is 24.1 Å². The van der Waals surface area contributed by atoms with Gasteiger partial charge in [0.05, 0.1) is 25.6 Å². The third-order valence-electron chi connectivity index (χ3n) is 3.60. The normalized spacial score (nSPS) is 10.3. The van der Waals surface area contributed by atoms with Crippen LogP contribution in [0.15, 0.2) is 48.7 Å². The van der Waals surface area contributed by atoms with Crippen molar-refractivity contribution in [2.45, 2.75) is 13.8 Å². The van der Waals surface area contributed by atoms with Crippen molar-refractivity contribution in [1.82, 2.24) is 15.2 Å². The summed E-state index contributed by atoms with van der Waals surface area (Å²) in [6.07, 6.45) is 1.56. The molecule has 134 valence electrons. The third kappa shape index (κ3) is 4.38. The van der Waals surface area contributed by atoms with E-state index in [1.54, 1.807) is 13.3 Å². The van der Waals surface area contributed by atoms with Gasteiger partial charge in [0.2, 0.25) is 5.95 Å². The highest BCUT2D eigenvalue weighted by Gasteiger charge is 2.07. The van der Waals surface area contributed by atoms with E-state index >= 15 is 0 Å². The summed E-state index contributed by atoms with van der Waals surface area (Å²) < 4.78 is 10.8. The fourth-order valence-electron chi connectivity index (χ4n) is 2.41. The molecule has 0 amide bonds. The van der Waals surface area contributed by atoms with Crippen molar-refractivity contribution >= 4 is 23.1 Å². The van der Waals surface area contributed by atoms with E-state index in [1.165, 1.54) is 0 Å². The van der Waals surface area contributed by atoms with Crippen LogP contribution < -0.4 is 20.1 Å². The predicted molar refractivity (Wildman–Crippen MR) is 102 cm³/mol. The highest BCUT2D eigenvalue weighted by atomic mass is 16.5. The van der Waals surface area contributed by atoms with Crippen molar-refractivity contribution in [3.63, 3.8) is 0 Å². The fraction of sp³-hybridized carbons (Fsp3) is 0.211. The van der Waals surface area contributed by atoms with Gasteiger partial charge in [0.1, 0.15) is 11.5 Å². The molecule has 0 aliphatic heterocycles. The molecule has 0 aliphatic rings. The Bertz CT molecular complexity index is 868. The second-order valence-electron chi connectivity index (χ2n) is 5.58. The minimum Gasteiger partial charge on any atom is -0.495 e. The number of aryl methyl sites for hydroxylation is 1. The lowest BCUT2D eigenvalue weighted by Gasteiger charge is -2.11. The summed E-state index contributed by atoms with van der Waals surface area (Å²) in [5.41, 5.74) is 2.77. The zero-order valence-corrected chi connectivity index (χ0v) is 15.0. The largest absolute Gasteiger partial charge is 0.495 e. The first kappa shape index (κ1) is 17.5. The van der Waals surface area contributed by atoms with Gasteiger partial charge >= 0.3 is 0 Å². The van der Waals surface area contributed by atoms with Crippen LogP contribution >= 0.6 is 0 Å². The number of aromatic nitrogens is 3. The molecule has 0 aliphatic carbocycles. The number of hydrogen-bond donors (Lipinski definition) is 2. The monoisotopic (exact) mass is 351 g/mol. The van der Waals surface area contributed by atoms with Gasteiger partial charge in [0, 0.05) is 5.69 Å². The minimum atomic E-state index is 0.379. The van der Waals surface area contributed by atoms with Crippen LogP contribution in [0, 0.1) is 6.92 Å². The van der Waals surface area contributed by atoms with Crippen LogP contribution in [0.3, 0.4) is 0 Å². The molecule has 1 aromatic heterocycles. The third-order valence-corrected chi connectivity index (χ3v) is 3.60. The van der Waals surface area contributed by atoms with E-state index < -0.39 is 0 Å². The Labute approximate surface area is 152 Å². The van der Waals surface area contributed by atoms with Crippen LogP contribution in [-0.4, -0.2) is 28.9 Å². The lowest BCUT2D eigenvalue weighted by molar-refractivity contribution is 0.340. The molecule has 0 saturated carbocycles. The number of anilines is 4. The highest BCUT2D eigenvalue weighted by Crippen LogP contribution is 2.27. The Morgan fingerprint density at radius 1 is 1.04 bits per heavy atom. The standard InChI is InChI=1S/C19H21N5O2/c1-4-26-15-8-6-14(7-9-15)21-18-12-20-24-19(23-18)22-16-11-13(2)5-10-17(16)25-3/h5-12H,4H2,1-3H3,(H2,21,22,23,24). The van der Waals surface area contributed by atoms with E-state index in [-0.39, 0.29) is 0 Å². The zero-order valence-electron chi connectivity index (χ0n) is 15.0. The van der Waals surface area contributed by atoms with Gasteiger partial charge in [0.15, 0.2) is 5.82 Å². The average molecular weight is 351 g/mol. The van der Waals surface area contributed by atoms with E-state index in [1.807, 2.05) is 56.3 Å². The first-order valence-electron chi connectivity index (χ1n) is 8.29. The number of rotatable bonds is 7. The lowest BCUT2D eigenvalue weighted by atomic mass is 10.2. The number of ether oxygens (including phenoxy) is 2. The van der Waals surface area contributed by atoms with Gasteiger partial charge < -0.3 is 20.1 Å². The summed E-state index contributed by atoms with van der Waals surface area (Å²) >= 11 is 0. The molecule has 0 radical (unpaired) electrons. The Hall–Kier alpha value is -3.35. The SMILES string of the molecule is CCOc1ccc(Nc2cnnc(Nc3cc(C)ccc3OC)n2)cc1. The molecule has 2 aromatic carbocycles. The average Bonchev–Trinajstić information content (AvgIpc) is 2.64. The molecule has 7 heteroatoms. The second kappa shape index (κ2) is 8.15. The lowest BCUT2D eigenvalue weighted by Crippen LogP contribution is -2.03. The van der Waals surface area contributed by atoms with E-state index in [9.17, 15) is 0 Å². The molecule has 1 heterocycles. The van der Waals surface area contributed by atoms with Gasteiger partial charge in [-0.2, -0.15) is 10.1 Å². The van der Waals surface area contributed by atoms with E-state index in [2.05, 4.69) is 25.8 Å². The van der Waals surface area contributed by atoms with Gasteiger partial charge in [-0.05, 0) is 55.8 Å². The molecular weight excluding hydrogens is 330 g/mol. The van der Waals surface area contributed by atoms with Crippen molar-refractivity contribution in [3.8, 4) is 11.5 Å². The maximum Gasteiger partial charge on any atom is 0.249 e. The van der Waals surface area contributed by atoms with Crippen molar-refractivity contribution in [1.29, 1.82) is 0 Å². The topological polar surface area (TPSA) is 81.2 Å². The van der Waals surface area contributed by atoms with Crippen molar-refractivity contribution < 1.29 is 9.47 Å². The molecule has 0 fully saturated rings. The van der Waals surface area contributed by atoms with Gasteiger partial charge in [-0.15, -0.1) is 5.10 Å². The maximum absolute atomic E-state index is 5.44. The fourth-order valence-corrected chi connectivity index (χ4v) is 2.41. The molecule has 3 aromatic rings. The molecule has 0 unspecified atom stereocenters. The first-order chi connectivity index (χ1) is 12.7. The highest BCUT2D eigenvalue weighted by molar-refractivity contribution is 5.64. The number of hydrogen-bond acceptors (Lipinski definition) is 7. The minimum absolute atomic E-state index is 0.379. The molecule has 3 rings (SSSR count). The summed E-state index contributed by atoms with van der Waals surface area (Å²) in [5.74, 6) is 2.50. The zero-order chi connectivity index (χ0) is 18.4. The number of methoxy groups -OCH3 is 1. The van der Waals surface area contributed by atoms with E-state index in [4.69, 9.17) is 9.47 Å². The quantitative estimate of drug-likeness (QED) is 0.664. The van der Waals surface area contributed by atoms with Crippen molar-refractivity contribution in [3.05, 3.63) is 54.2 Å². The van der Waals surface area contributed by atoms with Crippen LogP contribution in [0.2, 0.25) is 0 Å². The Balaban J connectivity index is 1.75. The molecule has 26 heavy (non-hydrogen) atoms. The van der Waals surface area contributed by atoms with Gasteiger partial charge in [-0.1, -0.05) is 6.07 Å². The summed E-state index contributed by atoms with van der Waals surface area (Å²) in [5, 5.41) is 14.4. The van der Waals surface area contributed by atoms with Crippen LogP contribution in [0.5, 0.6) is 11.5 Å². The Kier molecular flexibility index (Phi) is 5.48. The van der Waals surface area contributed by atoms with Crippen molar-refractivity contribution in [2.24, 2.45) is 0 Å². The van der Waals surface area contributed by atoms with E-state index in [0.717, 1.165) is 22.7 Å². The number of benzene rings is 2. The first-order valence-corrected chi connectivity index (χ1v) is 8.29. The molecular formula is C19H21N5O2.